The molecule has 0 amide bonds. The fourth-order valence-electron chi connectivity index (χ4n) is 20.9. The number of hydrogen-bond donors (Lipinski definition) is 0. The Labute approximate surface area is 210 Å². The van der Waals surface area contributed by atoms with E-state index in [0.29, 0.717) is 0 Å². The summed E-state index contributed by atoms with van der Waals surface area (Å²) >= 11 is 0. The van der Waals surface area contributed by atoms with Crippen LogP contribution in [0.2, 0.25) is 38.5 Å². The van der Waals surface area contributed by atoms with Gasteiger partial charge in [0.1, 0.15) is 0 Å². The summed E-state index contributed by atoms with van der Waals surface area (Å²) in [4.78, 5) is 10.1. The first-order valence-electron chi connectivity index (χ1n) is 14.1. The Hall–Kier alpha value is -1.74. The van der Waals surface area contributed by atoms with Gasteiger partial charge in [0.15, 0.2) is 0 Å². The zero-order chi connectivity index (χ0) is 23.5. The van der Waals surface area contributed by atoms with Gasteiger partial charge in [0.05, 0.1) is 0 Å². The molecule has 10 aliphatic rings. The number of fused-ring (bicyclic) bond motifs is 10. The van der Waals surface area contributed by atoms with Gasteiger partial charge in [-0.15, -0.1) is 0 Å². The molecule has 10 saturated heterocycles. The third kappa shape index (κ3) is 0.441. The molecule has 0 radical (unpaired) electrons. The molecule has 37 heavy (non-hydrogen) atoms. The Morgan fingerprint density at radius 1 is 0.405 bits per heavy atom. The molecule has 0 nitrogen and oxygen atoms in total. The Bertz CT molecular complexity index is 1930. The second-order valence-electron chi connectivity index (χ2n) is 15.7. The molecular formula is C34H28FeP2. The van der Waals surface area contributed by atoms with Crippen LogP contribution in [0.15, 0.2) is 121 Å². The summed E-state index contributed by atoms with van der Waals surface area (Å²) in [6, 6.07) is 48.0. The molecule has 182 valence electrons. The average Bonchev–Trinajstić information content (AvgIpc) is 3.91. The summed E-state index contributed by atoms with van der Waals surface area (Å²) in [5.74, 6) is 0. The van der Waals surface area contributed by atoms with Gasteiger partial charge in [-0.25, -0.2) is 0 Å². The van der Waals surface area contributed by atoms with Crippen LogP contribution in [0, 0.1) is 0 Å². The number of hydrogen-bond acceptors (Lipinski definition) is 0. The van der Waals surface area contributed by atoms with Crippen molar-refractivity contribution in [1.29, 1.82) is 0 Å². The molecule has 3 heteroatoms. The van der Waals surface area contributed by atoms with E-state index in [0.717, 1.165) is 8.11 Å². The second kappa shape index (κ2) is 2.76. The van der Waals surface area contributed by atoms with E-state index in [-0.39, 0.29) is 15.8 Å². The van der Waals surface area contributed by atoms with E-state index < -0.39 is 6.51 Å². The molecule has 0 aliphatic carbocycles. The van der Waals surface area contributed by atoms with Crippen LogP contribution in [0.1, 0.15) is 0 Å². The van der Waals surface area contributed by atoms with Gasteiger partial charge in [0.25, 0.3) is 0 Å². The van der Waals surface area contributed by atoms with Crippen molar-refractivity contribution in [1.82, 2.24) is 0 Å². The Kier molecular flexibility index (Phi) is 1.32. The number of benzene rings is 4. The van der Waals surface area contributed by atoms with E-state index in [4.69, 9.17) is 0 Å². The zero-order valence-corrected chi connectivity index (χ0v) is 23.3. The summed E-state index contributed by atoms with van der Waals surface area (Å²) in [6.07, 6.45) is 0. The molecule has 4 unspecified atom stereocenters. The summed E-state index contributed by atoms with van der Waals surface area (Å²) in [5.41, 5.74) is 0. The fraction of sp³-hybridized carbons (Fsp3) is 0.294. The van der Waals surface area contributed by atoms with E-state index in [9.17, 15) is 0 Å². The van der Waals surface area contributed by atoms with Gasteiger partial charge in [-0.3, -0.25) is 0 Å². The predicted molar refractivity (Wildman–Crippen MR) is 154 cm³/mol. The van der Waals surface area contributed by atoms with Crippen molar-refractivity contribution in [2.24, 2.45) is 0 Å². The summed E-state index contributed by atoms with van der Waals surface area (Å²) in [6.45, 7) is -3.82. The van der Waals surface area contributed by atoms with E-state index in [1.54, 1.807) is 21.2 Å². The standard InChI is InChI=1S/C29H23P2.C5H5.Fe/c1-5-13-24(14-6-1)30(25-15-7-2-8-16-25)28-21-22-29(23-28)31(26-17-9-3-10-18-26)27-19-11-4-12-20-27;1-2-4-5-3-1;/h1-23H;1-5H;. The molecular weight excluding hydrogens is 526 g/mol. The predicted octanol–water partition coefficient (Wildman–Crippen LogP) is 7.46. The average molecular weight is 554 g/mol. The van der Waals surface area contributed by atoms with Crippen molar-refractivity contribution < 1.29 is 6.51 Å². The summed E-state index contributed by atoms with van der Waals surface area (Å²) in [5, 5.41) is 6.87. The molecule has 4 aromatic carbocycles. The molecule has 10 heterocycles. The van der Waals surface area contributed by atoms with E-state index in [1.807, 2.05) is 0 Å². The maximum atomic E-state index is 2.54. The first kappa shape index (κ1) is 17.8. The van der Waals surface area contributed by atoms with Crippen LogP contribution in [0.3, 0.4) is 0 Å². The normalized spacial score (nSPS) is 63.1. The third-order valence-corrected chi connectivity index (χ3v) is 76.0. The topological polar surface area (TPSA) is 0 Å². The minimum absolute atomic E-state index is 0.252. The van der Waals surface area contributed by atoms with Crippen LogP contribution in [0.25, 0.3) is 0 Å². The van der Waals surface area contributed by atoms with E-state index in [1.165, 1.54) is 38.5 Å². The fourth-order valence-corrected chi connectivity index (χ4v) is 126. The van der Waals surface area contributed by atoms with Crippen LogP contribution in [-0.4, -0.2) is 8.11 Å². The van der Waals surface area contributed by atoms with Crippen molar-refractivity contribution in [2.75, 3.05) is 0 Å². The molecule has 0 saturated carbocycles. The van der Waals surface area contributed by atoms with Crippen molar-refractivity contribution in [3.05, 3.63) is 121 Å². The molecule has 10 fully saturated rings. The molecule has 4 atom stereocenters. The van der Waals surface area contributed by atoms with Gasteiger partial charge in [-0.2, -0.15) is 0 Å². The van der Waals surface area contributed by atoms with Gasteiger partial charge in [-0.1, -0.05) is 0 Å². The van der Waals surface area contributed by atoms with Crippen molar-refractivity contribution in [3.63, 3.8) is 0 Å². The van der Waals surface area contributed by atoms with Crippen LogP contribution in [0.5, 0.6) is 0 Å². The van der Waals surface area contributed by atoms with E-state index in [2.05, 4.69) is 121 Å². The van der Waals surface area contributed by atoms with Gasteiger partial charge in [-0.05, 0) is 0 Å². The van der Waals surface area contributed by atoms with Crippen LogP contribution >= 0.6 is 15.8 Å². The minimum atomic E-state index is -3.82. The third-order valence-electron chi connectivity index (χ3n) is 19.4. The second-order valence-corrected chi connectivity index (χ2v) is 44.6. The Balaban J connectivity index is 1.12. The Morgan fingerprint density at radius 3 is 0.892 bits per heavy atom. The first-order valence-corrected chi connectivity index (χ1v) is 23.0. The molecule has 1 spiro atoms. The summed E-state index contributed by atoms with van der Waals surface area (Å²) < 4.78 is 1.60. The van der Waals surface area contributed by atoms with E-state index >= 15 is 0 Å². The SMILES string of the molecule is c1ccc(P(c2ccccc2)[C]23[CH]4[CH]5[C]6(P(c7ccccc7)c7ccccc7)[CH]2[Fe]45362789[CH]3[CH]2[CH]7[CH]8[CH]39)cc1. The van der Waals surface area contributed by atoms with Crippen LogP contribution in [0.4, 0.5) is 0 Å². The van der Waals surface area contributed by atoms with Crippen molar-refractivity contribution in [2.45, 2.75) is 46.6 Å². The van der Waals surface area contributed by atoms with Gasteiger partial charge >= 0.3 is 212 Å². The first-order chi connectivity index (χ1) is 18.1. The van der Waals surface area contributed by atoms with Gasteiger partial charge < -0.3 is 0 Å². The Morgan fingerprint density at radius 2 is 0.676 bits per heavy atom. The molecule has 10 aliphatic heterocycles. The van der Waals surface area contributed by atoms with Crippen LogP contribution < -0.4 is 21.2 Å². The van der Waals surface area contributed by atoms with Crippen molar-refractivity contribution >= 4 is 37.1 Å². The summed E-state index contributed by atoms with van der Waals surface area (Å²) in [7, 11) is -0.505. The molecule has 14 rings (SSSR count). The van der Waals surface area contributed by atoms with Gasteiger partial charge in [0, 0.05) is 0 Å². The monoisotopic (exact) mass is 554 g/mol. The van der Waals surface area contributed by atoms with Gasteiger partial charge in [0.2, 0.25) is 0 Å². The van der Waals surface area contributed by atoms with Crippen LogP contribution in [-0.2, 0) is 6.51 Å². The number of rotatable bonds is 6. The molecule has 0 aromatic heterocycles. The zero-order valence-electron chi connectivity index (χ0n) is 20.4. The maximum absolute atomic E-state index is 3.82. The molecule has 4 aromatic rings. The molecule has 0 N–H and O–H groups in total. The van der Waals surface area contributed by atoms with Crippen molar-refractivity contribution in [3.8, 4) is 0 Å². The quantitative estimate of drug-likeness (QED) is 0.172. The molecule has 0 bridgehead atoms.